The van der Waals surface area contributed by atoms with Gasteiger partial charge in [-0.3, -0.25) is 14.6 Å². The fraction of sp³-hybridized carbons (Fsp3) is 0.435. The van der Waals surface area contributed by atoms with Gasteiger partial charge < -0.3 is 14.5 Å². The lowest BCUT2D eigenvalue weighted by Gasteiger charge is -2.36. The van der Waals surface area contributed by atoms with Crippen LogP contribution in [0.4, 0.5) is 0 Å². The molecule has 1 aromatic carbocycles. The molecule has 3 heterocycles. The second-order valence-electron chi connectivity index (χ2n) is 7.70. The molecule has 2 saturated heterocycles. The summed E-state index contributed by atoms with van der Waals surface area (Å²) < 4.78 is 5.34. The summed E-state index contributed by atoms with van der Waals surface area (Å²) in [7, 11) is 0. The maximum atomic E-state index is 13.0. The van der Waals surface area contributed by atoms with E-state index in [1.54, 1.807) is 18.0 Å². The van der Waals surface area contributed by atoms with Crippen molar-refractivity contribution < 1.29 is 14.3 Å². The maximum Gasteiger partial charge on any atom is 0.253 e. The summed E-state index contributed by atoms with van der Waals surface area (Å²) in [6, 6.07) is 11.8. The van der Waals surface area contributed by atoms with E-state index in [2.05, 4.69) is 11.1 Å². The first-order valence-electron chi connectivity index (χ1n) is 10.5. The topological polar surface area (TPSA) is 62.7 Å². The number of morpholine rings is 1. The molecule has 1 unspecified atom stereocenters. The Morgan fingerprint density at radius 3 is 2.60 bits per heavy atom. The van der Waals surface area contributed by atoms with Gasteiger partial charge in [-0.25, -0.2) is 0 Å². The zero-order valence-electron chi connectivity index (χ0n) is 17.0. The second kappa shape index (κ2) is 10.1. The highest BCUT2D eigenvalue weighted by atomic mass is 32.2. The average Bonchev–Trinajstić information content (AvgIpc) is 2.83. The summed E-state index contributed by atoms with van der Waals surface area (Å²) in [5.41, 5.74) is 1.85. The quantitative estimate of drug-likeness (QED) is 0.689. The first-order chi connectivity index (χ1) is 14.7. The predicted molar refractivity (Wildman–Crippen MR) is 116 cm³/mol. The van der Waals surface area contributed by atoms with Gasteiger partial charge in [0, 0.05) is 54.8 Å². The molecular formula is C23H27N3O3S. The number of pyridine rings is 1. The van der Waals surface area contributed by atoms with Gasteiger partial charge in [0.1, 0.15) is 0 Å². The van der Waals surface area contributed by atoms with Crippen molar-refractivity contribution in [1.29, 1.82) is 0 Å². The largest absolute Gasteiger partial charge is 0.378 e. The number of thioether (sulfide) groups is 1. The van der Waals surface area contributed by atoms with Crippen LogP contribution >= 0.6 is 11.8 Å². The number of carbonyl (C=O) groups is 2. The summed E-state index contributed by atoms with van der Waals surface area (Å²) in [6.07, 6.45) is 5.36. The number of hydrogen-bond acceptors (Lipinski definition) is 5. The van der Waals surface area contributed by atoms with E-state index in [0.717, 1.165) is 23.5 Å². The Kier molecular flexibility index (Phi) is 7.02. The van der Waals surface area contributed by atoms with Crippen LogP contribution in [0.25, 0.3) is 0 Å². The van der Waals surface area contributed by atoms with Crippen LogP contribution in [0.5, 0.6) is 0 Å². The molecule has 7 heteroatoms. The minimum absolute atomic E-state index is 0.0123. The van der Waals surface area contributed by atoms with E-state index in [9.17, 15) is 9.59 Å². The Labute approximate surface area is 181 Å². The Bertz CT molecular complexity index is 854. The SMILES string of the molecule is O=C(c1ccc(SCc2cccnc2)cc1)N1CCCC(C(=O)N2CCOCC2)C1. The molecule has 1 atom stereocenters. The van der Waals surface area contributed by atoms with Gasteiger partial charge >= 0.3 is 0 Å². The minimum Gasteiger partial charge on any atom is -0.378 e. The molecule has 0 N–H and O–H groups in total. The third-order valence-corrected chi connectivity index (χ3v) is 6.69. The lowest BCUT2D eigenvalue weighted by molar-refractivity contribution is -0.141. The van der Waals surface area contributed by atoms with Crippen molar-refractivity contribution in [3.05, 3.63) is 59.9 Å². The normalized spacial score (nSPS) is 19.5. The number of ether oxygens (including phenoxy) is 1. The van der Waals surface area contributed by atoms with Crippen LogP contribution in [0.3, 0.4) is 0 Å². The molecule has 158 valence electrons. The fourth-order valence-corrected chi connectivity index (χ4v) is 4.76. The molecule has 6 nitrogen and oxygen atoms in total. The van der Waals surface area contributed by atoms with E-state index in [1.807, 2.05) is 46.3 Å². The van der Waals surface area contributed by atoms with Gasteiger partial charge in [0.25, 0.3) is 5.91 Å². The number of piperidine rings is 1. The van der Waals surface area contributed by atoms with Crippen molar-refractivity contribution in [1.82, 2.24) is 14.8 Å². The van der Waals surface area contributed by atoms with Crippen molar-refractivity contribution in [2.45, 2.75) is 23.5 Å². The molecule has 0 spiro atoms. The first kappa shape index (κ1) is 20.9. The highest BCUT2D eigenvalue weighted by Gasteiger charge is 2.32. The molecule has 2 fully saturated rings. The Hall–Kier alpha value is -2.38. The van der Waals surface area contributed by atoms with E-state index in [1.165, 1.54) is 5.56 Å². The first-order valence-corrected chi connectivity index (χ1v) is 11.5. The van der Waals surface area contributed by atoms with Gasteiger partial charge in [0.2, 0.25) is 5.91 Å². The van der Waals surface area contributed by atoms with Crippen molar-refractivity contribution in [3.63, 3.8) is 0 Å². The lowest BCUT2D eigenvalue weighted by atomic mass is 9.95. The van der Waals surface area contributed by atoms with E-state index in [0.29, 0.717) is 45.0 Å². The lowest BCUT2D eigenvalue weighted by Crippen LogP contribution is -2.49. The van der Waals surface area contributed by atoms with Gasteiger partial charge in [-0.15, -0.1) is 11.8 Å². The van der Waals surface area contributed by atoms with E-state index in [-0.39, 0.29) is 17.7 Å². The second-order valence-corrected chi connectivity index (χ2v) is 8.75. The highest BCUT2D eigenvalue weighted by Crippen LogP contribution is 2.25. The molecular weight excluding hydrogens is 398 g/mol. The third kappa shape index (κ3) is 5.21. The number of nitrogens with zero attached hydrogens (tertiary/aromatic N) is 3. The fourth-order valence-electron chi connectivity index (χ4n) is 3.93. The van der Waals surface area contributed by atoms with Gasteiger partial charge in [-0.2, -0.15) is 0 Å². The third-order valence-electron chi connectivity index (χ3n) is 5.61. The van der Waals surface area contributed by atoms with Crippen molar-refractivity contribution in [2.75, 3.05) is 39.4 Å². The van der Waals surface area contributed by atoms with Gasteiger partial charge in [-0.1, -0.05) is 6.07 Å². The Balaban J connectivity index is 1.33. The van der Waals surface area contributed by atoms with Crippen LogP contribution in [-0.2, 0) is 15.3 Å². The number of aromatic nitrogens is 1. The molecule has 0 bridgehead atoms. The molecule has 1 aromatic heterocycles. The minimum atomic E-state index is -0.102. The summed E-state index contributed by atoms with van der Waals surface area (Å²) in [5, 5.41) is 0. The zero-order valence-corrected chi connectivity index (χ0v) is 17.9. The average molecular weight is 426 g/mol. The molecule has 2 aromatic rings. The zero-order chi connectivity index (χ0) is 20.8. The van der Waals surface area contributed by atoms with Crippen molar-refractivity contribution in [2.24, 2.45) is 5.92 Å². The number of benzene rings is 1. The van der Waals surface area contributed by atoms with Crippen LogP contribution in [-0.4, -0.2) is 66.0 Å². The monoisotopic (exact) mass is 425 g/mol. The summed E-state index contributed by atoms with van der Waals surface area (Å²) in [4.78, 5) is 34.8. The van der Waals surface area contributed by atoms with Gasteiger partial charge in [0.15, 0.2) is 0 Å². The van der Waals surface area contributed by atoms with Crippen molar-refractivity contribution >= 4 is 23.6 Å². The van der Waals surface area contributed by atoms with E-state index < -0.39 is 0 Å². The smallest absolute Gasteiger partial charge is 0.253 e. The molecule has 2 amide bonds. The number of carbonyl (C=O) groups excluding carboxylic acids is 2. The Morgan fingerprint density at radius 1 is 1.07 bits per heavy atom. The number of hydrogen-bond donors (Lipinski definition) is 0. The molecule has 4 rings (SSSR count). The molecule has 0 saturated carbocycles. The van der Waals surface area contributed by atoms with Crippen molar-refractivity contribution in [3.8, 4) is 0 Å². The summed E-state index contributed by atoms with van der Waals surface area (Å²) in [6.45, 7) is 3.73. The number of amides is 2. The van der Waals surface area contributed by atoms with Crippen LogP contribution < -0.4 is 0 Å². The van der Waals surface area contributed by atoms with E-state index in [4.69, 9.17) is 4.74 Å². The van der Waals surface area contributed by atoms with Crippen LogP contribution in [0, 0.1) is 5.92 Å². The predicted octanol–water partition coefficient (Wildman–Crippen LogP) is 3.08. The van der Waals surface area contributed by atoms with Gasteiger partial charge in [0.05, 0.1) is 19.1 Å². The molecule has 30 heavy (non-hydrogen) atoms. The van der Waals surface area contributed by atoms with Crippen LogP contribution in [0.1, 0.15) is 28.8 Å². The number of likely N-dealkylation sites (tertiary alicyclic amines) is 1. The summed E-state index contributed by atoms with van der Waals surface area (Å²) in [5.74, 6) is 0.921. The Morgan fingerprint density at radius 2 is 1.87 bits per heavy atom. The summed E-state index contributed by atoms with van der Waals surface area (Å²) >= 11 is 1.72. The standard InChI is InChI=1S/C23H27N3O3S/c27-22(19-5-7-21(8-6-19)30-17-18-3-1-9-24-15-18)26-10-2-4-20(16-26)23(28)25-11-13-29-14-12-25/h1,3,5-9,15,20H,2,4,10-14,16-17H2. The highest BCUT2D eigenvalue weighted by molar-refractivity contribution is 7.98. The van der Waals surface area contributed by atoms with E-state index >= 15 is 0 Å². The molecule has 0 aliphatic carbocycles. The van der Waals surface area contributed by atoms with Crippen LogP contribution in [0.15, 0.2) is 53.7 Å². The molecule has 0 radical (unpaired) electrons. The number of rotatable bonds is 5. The molecule has 2 aliphatic rings. The van der Waals surface area contributed by atoms with Gasteiger partial charge in [-0.05, 0) is 48.7 Å². The molecule has 2 aliphatic heterocycles. The maximum absolute atomic E-state index is 13.0. The van der Waals surface area contributed by atoms with Crippen LogP contribution in [0.2, 0.25) is 0 Å².